The molecule has 0 aliphatic carbocycles. The van der Waals surface area contributed by atoms with E-state index in [1.807, 2.05) is 18.2 Å². The third-order valence-electron chi connectivity index (χ3n) is 4.84. The Balaban J connectivity index is 1.55. The van der Waals surface area contributed by atoms with Crippen LogP contribution in [0.15, 0.2) is 48.5 Å². The lowest BCUT2D eigenvalue weighted by Crippen LogP contribution is -2.46. The highest BCUT2D eigenvalue weighted by atomic mass is 16.5. The summed E-state index contributed by atoms with van der Waals surface area (Å²) in [4.78, 5) is 16.9. The predicted octanol–water partition coefficient (Wildman–Crippen LogP) is 1.97. The lowest BCUT2D eigenvalue weighted by atomic mass is 10.1. The second kappa shape index (κ2) is 9.39. The van der Waals surface area contributed by atoms with Gasteiger partial charge in [-0.1, -0.05) is 30.3 Å². The van der Waals surface area contributed by atoms with Crippen molar-refractivity contribution in [2.24, 2.45) is 0 Å². The number of nitrogens with zero attached hydrogens (tertiary/aromatic N) is 2. The molecular formula is C21H28N4O2. The molecule has 0 spiro atoms. The molecule has 0 aromatic heterocycles. The number of anilines is 2. The topological polar surface area (TPSA) is 70.8 Å². The highest BCUT2D eigenvalue weighted by Gasteiger charge is 2.19. The van der Waals surface area contributed by atoms with Crippen LogP contribution in [0.1, 0.15) is 15.9 Å². The van der Waals surface area contributed by atoms with Gasteiger partial charge in [-0.25, -0.2) is 0 Å². The van der Waals surface area contributed by atoms with Gasteiger partial charge in [0, 0.05) is 51.9 Å². The van der Waals surface area contributed by atoms with Gasteiger partial charge in [0.25, 0.3) is 5.91 Å². The minimum absolute atomic E-state index is 0.127. The number of carbonyl (C=O) groups excluding carboxylic acids is 1. The van der Waals surface area contributed by atoms with Gasteiger partial charge in [-0.2, -0.15) is 0 Å². The third kappa shape index (κ3) is 5.21. The highest BCUT2D eigenvalue weighted by Crippen LogP contribution is 2.26. The number of methoxy groups -OCH3 is 1. The largest absolute Gasteiger partial charge is 0.397 e. The summed E-state index contributed by atoms with van der Waals surface area (Å²) in [7, 11) is 1.61. The Morgan fingerprint density at radius 3 is 2.52 bits per heavy atom. The molecule has 2 aromatic rings. The number of amides is 1. The average molecular weight is 368 g/mol. The van der Waals surface area contributed by atoms with Crippen molar-refractivity contribution in [3.8, 4) is 0 Å². The van der Waals surface area contributed by atoms with Crippen LogP contribution in [0.4, 0.5) is 11.4 Å². The number of rotatable bonds is 7. The van der Waals surface area contributed by atoms with Crippen LogP contribution in [-0.4, -0.2) is 57.2 Å². The minimum Gasteiger partial charge on any atom is -0.397 e. The molecule has 1 aliphatic heterocycles. The molecule has 0 bridgehead atoms. The zero-order valence-corrected chi connectivity index (χ0v) is 15.9. The van der Waals surface area contributed by atoms with Crippen molar-refractivity contribution in [1.82, 2.24) is 10.2 Å². The smallest absolute Gasteiger partial charge is 0.251 e. The average Bonchev–Trinajstić information content (AvgIpc) is 2.69. The van der Waals surface area contributed by atoms with Crippen molar-refractivity contribution in [3.05, 3.63) is 59.7 Å². The molecule has 1 saturated heterocycles. The van der Waals surface area contributed by atoms with Gasteiger partial charge in [-0.05, 0) is 23.8 Å². The lowest BCUT2D eigenvalue weighted by Gasteiger charge is -2.36. The maximum atomic E-state index is 12.1. The van der Waals surface area contributed by atoms with Crippen LogP contribution in [0.3, 0.4) is 0 Å². The molecule has 6 heteroatoms. The van der Waals surface area contributed by atoms with E-state index in [-0.39, 0.29) is 5.91 Å². The monoisotopic (exact) mass is 368 g/mol. The standard InChI is InChI=1S/C21H28N4O2/c1-27-14-9-23-21(26)18-7-8-20(19(22)15-18)25-12-10-24(11-13-25)16-17-5-3-2-4-6-17/h2-8,15H,9-14,16,22H2,1H3,(H,23,26). The van der Waals surface area contributed by atoms with E-state index in [1.165, 1.54) is 5.56 Å². The fraction of sp³-hybridized carbons (Fsp3) is 0.381. The lowest BCUT2D eigenvalue weighted by molar-refractivity contribution is 0.0937. The Kier molecular flexibility index (Phi) is 6.68. The molecule has 1 fully saturated rings. The maximum Gasteiger partial charge on any atom is 0.251 e. The molecule has 0 saturated carbocycles. The summed E-state index contributed by atoms with van der Waals surface area (Å²) in [5.74, 6) is -0.127. The van der Waals surface area contributed by atoms with Gasteiger partial charge >= 0.3 is 0 Å². The first-order valence-electron chi connectivity index (χ1n) is 9.35. The molecule has 3 rings (SSSR count). The Labute approximate surface area is 160 Å². The molecule has 1 aliphatic rings. The minimum atomic E-state index is -0.127. The first-order chi connectivity index (χ1) is 13.2. The molecule has 0 atom stereocenters. The summed E-state index contributed by atoms with van der Waals surface area (Å²) in [5, 5.41) is 2.82. The van der Waals surface area contributed by atoms with E-state index in [2.05, 4.69) is 39.4 Å². The van der Waals surface area contributed by atoms with E-state index >= 15 is 0 Å². The Hall–Kier alpha value is -2.57. The van der Waals surface area contributed by atoms with Crippen LogP contribution in [0.5, 0.6) is 0 Å². The Bertz CT molecular complexity index is 743. The number of nitrogens with one attached hydrogen (secondary N) is 1. The Morgan fingerprint density at radius 2 is 1.85 bits per heavy atom. The molecule has 1 heterocycles. The molecule has 3 N–H and O–H groups in total. The number of carbonyl (C=O) groups is 1. The van der Waals surface area contributed by atoms with E-state index in [1.54, 1.807) is 13.2 Å². The second-order valence-corrected chi connectivity index (χ2v) is 6.77. The van der Waals surface area contributed by atoms with Gasteiger partial charge in [0.05, 0.1) is 18.0 Å². The zero-order chi connectivity index (χ0) is 19.1. The Morgan fingerprint density at radius 1 is 1.11 bits per heavy atom. The SMILES string of the molecule is COCCNC(=O)c1ccc(N2CCN(Cc3ccccc3)CC2)c(N)c1. The van der Waals surface area contributed by atoms with Gasteiger partial charge in [0.15, 0.2) is 0 Å². The van der Waals surface area contributed by atoms with E-state index in [0.717, 1.165) is 38.4 Å². The van der Waals surface area contributed by atoms with Crippen molar-refractivity contribution in [2.45, 2.75) is 6.54 Å². The van der Waals surface area contributed by atoms with Crippen LogP contribution < -0.4 is 16.0 Å². The number of hydrogen-bond donors (Lipinski definition) is 2. The molecule has 0 radical (unpaired) electrons. The third-order valence-corrected chi connectivity index (χ3v) is 4.84. The number of hydrogen-bond acceptors (Lipinski definition) is 5. The number of nitrogens with two attached hydrogens (primary N) is 1. The van der Waals surface area contributed by atoms with Crippen molar-refractivity contribution in [1.29, 1.82) is 0 Å². The quantitative estimate of drug-likeness (QED) is 0.578. The van der Waals surface area contributed by atoms with Gasteiger partial charge < -0.3 is 20.7 Å². The van der Waals surface area contributed by atoms with Crippen LogP contribution >= 0.6 is 0 Å². The van der Waals surface area contributed by atoms with E-state index in [9.17, 15) is 4.79 Å². The van der Waals surface area contributed by atoms with Crippen molar-refractivity contribution < 1.29 is 9.53 Å². The van der Waals surface area contributed by atoms with Crippen LogP contribution in [0.25, 0.3) is 0 Å². The molecule has 27 heavy (non-hydrogen) atoms. The summed E-state index contributed by atoms with van der Waals surface area (Å²) in [6.07, 6.45) is 0. The van der Waals surface area contributed by atoms with E-state index in [4.69, 9.17) is 10.5 Å². The van der Waals surface area contributed by atoms with Gasteiger partial charge in [-0.15, -0.1) is 0 Å². The summed E-state index contributed by atoms with van der Waals surface area (Å²) in [6, 6.07) is 16.1. The van der Waals surface area contributed by atoms with E-state index < -0.39 is 0 Å². The van der Waals surface area contributed by atoms with Crippen molar-refractivity contribution in [3.63, 3.8) is 0 Å². The molecule has 2 aromatic carbocycles. The first-order valence-corrected chi connectivity index (χ1v) is 9.35. The normalized spacial score (nSPS) is 14.9. The van der Waals surface area contributed by atoms with Crippen LogP contribution in [0.2, 0.25) is 0 Å². The molecule has 1 amide bonds. The highest BCUT2D eigenvalue weighted by molar-refractivity contribution is 5.96. The predicted molar refractivity (Wildman–Crippen MR) is 109 cm³/mol. The second-order valence-electron chi connectivity index (χ2n) is 6.77. The van der Waals surface area contributed by atoms with Gasteiger partial charge in [0.2, 0.25) is 0 Å². The first kappa shape index (κ1) is 19.2. The summed E-state index contributed by atoms with van der Waals surface area (Å²) in [6.45, 7) is 5.80. The fourth-order valence-corrected chi connectivity index (χ4v) is 3.34. The zero-order valence-electron chi connectivity index (χ0n) is 15.9. The van der Waals surface area contributed by atoms with Crippen LogP contribution in [-0.2, 0) is 11.3 Å². The summed E-state index contributed by atoms with van der Waals surface area (Å²) >= 11 is 0. The number of piperazine rings is 1. The molecule has 144 valence electrons. The van der Waals surface area contributed by atoms with E-state index in [0.29, 0.717) is 24.4 Å². The fourth-order valence-electron chi connectivity index (χ4n) is 3.34. The van der Waals surface area contributed by atoms with Gasteiger partial charge in [-0.3, -0.25) is 9.69 Å². The number of nitrogen functional groups attached to an aromatic ring is 1. The maximum absolute atomic E-state index is 12.1. The summed E-state index contributed by atoms with van der Waals surface area (Å²) < 4.78 is 4.95. The number of ether oxygens (including phenoxy) is 1. The van der Waals surface area contributed by atoms with Crippen molar-refractivity contribution in [2.75, 3.05) is 57.1 Å². The molecule has 0 unspecified atom stereocenters. The van der Waals surface area contributed by atoms with Crippen molar-refractivity contribution >= 4 is 17.3 Å². The molecular weight excluding hydrogens is 340 g/mol. The molecule has 6 nitrogen and oxygen atoms in total. The van der Waals surface area contributed by atoms with Crippen LogP contribution in [0, 0.1) is 0 Å². The summed E-state index contributed by atoms with van der Waals surface area (Å²) in [5.41, 5.74) is 9.81. The number of benzene rings is 2. The van der Waals surface area contributed by atoms with Gasteiger partial charge in [0.1, 0.15) is 0 Å².